The first-order valence-corrected chi connectivity index (χ1v) is 11.2. The van der Waals surface area contributed by atoms with Crippen molar-refractivity contribution in [3.63, 3.8) is 0 Å². The van der Waals surface area contributed by atoms with Crippen molar-refractivity contribution >= 4 is 50.3 Å². The Labute approximate surface area is 190 Å². The number of methoxy groups -OCH3 is 2. The van der Waals surface area contributed by atoms with Gasteiger partial charge in [-0.05, 0) is 48.7 Å². The average molecular weight is 459 g/mol. The highest BCUT2D eigenvalue weighted by atomic mass is 35.5. The highest BCUT2D eigenvalue weighted by molar-refractivity contribution is 7.22. The zero-order chi connectivity index (χ0) is 21.8. The minimum absolute atomic E-state index is 0.000847. The summed E-state index contributed by atoms with van der Waals surface area (Å²) in [7, 11) is 3.17. The second-order valence-corrected chi connectivity index (χ2v) is 8.53. The lowest BCUT2D eigenvalue weighted by Crippen LogP contribution is -2.36. The van der Waals surface area contributed by atoms with Crippen LogP contribution in [0, 0.1) is 0 Å². The van der Waals surface area contributed by atoms with Crippen LogP contribution in [0.1, 0.15) is 18.4 Å². The molecule has 1 aliphatic heterocycles. The van der Waals surface area contributed by atoms with Gasteiger partial charge in [-0.3, -0.25) is 9.69 Å². The van der Waals surface area contributed by atoms with E-state index in [1.807, 2.05) is 30.3 Å². The lowest BCUT2D eigenvalue weighted by molar-refractivity contribution is -0.114. The molecular weight excluding hydrogens is 436 g/mol. The standard InChI is InChI=1S/C23H23ClN2O4S/c1-28-18-10-8-15(13-19(18)29-2)9-11-21(27)26(14-16-5-4-12-30-16)23-25-22-17(24)6-3-7-20(22)31-23/h3,6-11,13,16H,4-5,12,14H2,1-2H3/b11-9+. The number of thiazole rings is 1. The number of amides is 1. The molecule has 1 fully saturated rings. The number of hydrogen-bond donors (Lipinski definition) is 0. The van der Waals surface area contributed by atoms with Crippen LogP contribution in [0.25, 0.3) is 16.3 Å². The molecule has 0 spiro atoms. The number of anilines is 1. The van der Waals surface area contributed by atoms with E-state index >= 15 is 0 Å². The number of fused-ring (bicyclic) bond motifs is 1. The molecule has 1 atom stereocenters. The Kier molecular flexibility index (Phi) is 6.75. The molecule has 0 aliphatic carbocycles. The van der Waals surface area contributed by atoms with Crippen LogP contribution in [0.2, 0.25) is 5.02 Å². The van der Waals surface area contributed by atoms with Crippen molar-refractivity contribution < 1.29 is 19.0 Å². The van der Waals surface area contributed by atoms with Crippen LogP contribution < -0.4 is 14.4 Å². The van der Waals surface area contributed by atoms with Crippen molar-refractivity contribution in [3.05, 3.63) is 53.1 Å². The molecule has 6 nitrogen and oxygen atoms in total. The van der Waals surface area contributed by atoms with Crippen LogP contribution >= 0.6 is 22.9 Å². The molecular formula is C23H23ClN2O4S. The Hall–Kier alpha value is -2.61. The van der Waals surface area contributed by atoms with E-state index in [0.717, 1.165) is 29.7 Å². The summed E-state index contributed by atoms with van der Waals surface area (Å²) in [5, 5.41) is 1.19. The van der Waals surface area contributed by atoms with E-state index in [0.29, 0.717) is 33.7 Å². The van der Waals surface area contributed by atoms with Gasteiger partial charge in [-0.2, -0.15) is 0 Å². The highest BCUT2D eigenvalue weighted by Gasteiger charge is 2.25. The summed E-state index contributed by atoms with van der Waals surface area (Å²) in [5.74, 6) is 1.08. The third-order valence-corrected chi connectivity index (χ3v) is 6.44. The van der Waals surface area contributed by atoms with E-state index in [4.69, 9.17) is 25.8 Å². The van der Waals surface area contributed by atoms with Gasteiger partial charge in [-0.15, -0.1) is 0 Å². The average Bonchev–Trinajstić information content (AvgIpc) is 3.46. The molecule has 4 rings (SSSR count). The van der Waals surface area contributed by atoms with Crippen LogP contribution in [0.15, 0.2) is 42.5 Å². The molecule has 1 aromatic heterocycles. The minimum Gasteiger partial charge on any atom is -0.493 e. The molecule has 31 heavy (non-hydrogen) atoms. The number of benzene rings is 2. The van der Waals surface area contributed by atoms with Crippen LogP contribution in [0.5, 0.6) is 11.5 Å². The molecule has 1 aliphatic rings. The molecule has 162 valence electrons. The zero-order valence-electron chi connectivity index (χ0n) is 17.3. The summed E-state index contributed by atoms with van der Waals surface area (Å²) in [6.07, 6.45) is 5.23. The van der Waals surface area contributed by atoms with Gasteiger partial charge >= 0.3 is 0 Å². The number of carbonyl (C=O) groups is 1. The molecule has 0 bridgehead atoms. The van der Waals surface area contributed by atoms with E-state index < -0.39 is 0 Å². The van der Waals surface area contributed by atoms with Gasteiger partial charge in [0.15, 0.2) is 16.6 Å². The summed E-state index contributed by atoms with van der Waals surface area (Å²) >= 11 is 7.75. The van der Waals surface area contributed by atoms with E-state index in [-0.39, 0.29) is 12.0 Å². The first-order valence-electron chi connectivity index (χ1n) is 9.97. The number of carbonyl (C=O) groups excluding carboxylic acids is 1. The van der Waals surface area contributed by atoms with Crippen LogP contribution in [0.4, 0.5) is 5.13 Å². The Balaban J connectivity index is 1.62. The summed E-state index contributed by atoms with van der Waals surface area (Å²) in [6, 6.07) is 11.1. The largest absolute Gasteiger partial charge is 0.493 e. The summed E-state index contributed by atoms with van der Waals surface area (Å²) in [5.41, 5.74) is 1.54. The van der Waals surface area contributed by atoms with Crippen molar-refractivity contribution in [1.29, 1.82) is 0 Å². The first-order chi connectivity index (χ1) is 15.1. The number of hydrogen-bond acceptors (Lipinski definition) is 6. The number of rotatable bonds is 7. The third-order valence-electron chi connectivity index (χ3n) is 5.09. The molecule has 1 unspecified atom stereocenters. The number of halogens is 1. The highest BCUT2D eigenvalue weighted by Crippen LogP contribution is 2.34. The SMILES string of the molecule is COc1ccc(/C=C/C(=O)N(CC2CCCO2)c2nc3c(Cl)cccc3s2)cc1OC. The lowest BCUT2D eigenvalue weighted by atomic mass is 10.2. The molecule has 1 amide bonds. The van der Waals surface area contributed by atoms with Gasteiger partial charge < -0.3 is 14.2 Å². The quantitative estimate of drug-likeness (QED) is 0.456. The smallest absolute Gasteiger partial charge is 0.252 e. The fourth-order valence-corrected chi connectivity index (χ4v) is 4.77. The monoisotopic (exact) mass is 458 g/mol. The fraction of sp³-hybridized carbons (Fsp3) is 0.304. The van der Waals surface area contributed by atoms with Gasteiger partial charge in [-0.25, -0.2) is 4.98 Å². The van der Waals surface area contributed by atoms with Gasteiger partial charge in [0.2, 0.25) is 0 Å². The Morgan fingerprint density at radius 3 is 2.84 bits per heavy atom. The van der Waals surface area contributed by atoms with Crippen molar-refractivity contribution in [2.75, 3.05) is 32.3 Å². The lowest BCUT2D eigenvalue weighted by Gasteiger charge is -2.21. The van der Waals surface area contributed by atoms with Gasteiger partial charge in [-0.1, -0.05) is 35.1 Å². The molecule has 3 aromatic rings. The Morgan fingerprint density at radius 1 is 1.29 bits per heavy atom. The summed E-state index contributed by atoms with van der Waals surface area (Å²) < 4.78 is 17.3. The van der Waals surface area contributed by atoms with Crippen molar-refractivity contribution in [1.82, 2.24) is 4.98 Å². The molecule has 2 aromatic carbocycles. The summed E-state index contributed by atoms with van der Waals surface area (Å²) in [6.45, 7) is 1.17. The van der Waals surface area contributed by atoms with Crippen LogP contribution in [0.3, 0.4) is 0 Å². The second-order valence-electron chi connectivity index (χ2n) is 7.11. The van der Waals surface area contributed by atoms with E-state index in [1.54, 1.807) is 37.3 Å². The van der Waals surface area contributed by atoms with Gasteiger partial charge in [0.25, 0.3) is 5.91 Å². The van der Waals surface area contributed by atoms with Gasteiger partial charge in [0, 0.05) is 12.7 Å². The topological polar surface area (TPSA) is 60.9 Å². The fourth-order valence-electron chi connectivity index (χ4n) is 3.49. The Morgan fingerprint density at radius 2 is 2.13 bits per heavy atom. The number of nitrogens with zero attached hydrogens (tertiary/aromatic N) is 2. The molecule has 2 heterocycles. The predicted molar refractivity (Wildman–Crippen MR) is 125 cm³/mol. The molecule has 0 saturated carbocycles. The maximum absolute atomic E-state index is 13.2. The number of ether oxygens (including phenoxy) is 3. The van der Waals surface area contributed by atoms with E-state index in [1.165, 1.54) is 11.3 Å². The molecule has 1 saturated heterocycles. The molecule has 0 radical (unpaired) electrons. The van der Waals surface area contributed by atoms with Gasteiger partial charge in [0.05, 0.1) is 36.6 Å². The van der Waals surface area contributed by atoms with Crippen molar-refractivity contribution in [2.45, 2.75) is 18.9 Å². The first kappa shape index (κ1) is 21.6. The van der Waals surface area contributed by atoms with Crippen LogP contribution in [-0.4, -0.2) is 44.4 Å². The second kappa shape index (κ2) is 9.68. The van der Waals surface area contributed by atoms with Crippen LogP contribution in [-0.2, 0) is 9.53 Å². The minimum atomic E-state index is -0.166. The summed E-state index contributed by atoms with van der Waals surface area (Å²) in [4.78, 5) is 19.5. The third kappa shape index (κ3) is 4.84. The maximum Gasteiger partial charge on any atom is 0.252 e. The normalized spacial score (nSPS) is 16.2. The van der Waals surface area contributed by atoms with E-state index in [9.17, 15) is 4.79 Å². The van der Waals surface area contributed by atoms with Crippen molar-refractivity contribution in [2.24, 2.45) is 0 Å². The molecule has 0 N–H and O–H groups in total. The zero-order valence-corrected chi connectivity index (χ0v) is 18.9. The van der Waals surface area contributed by atoms with Gasteiger partial charge in [0.1, 0.15) is 5.52 Å². The van der Waals surface area contributed by atoms with E-state index in [2.05, 4.69) is 4.98 Å². The molecule has 8 heteroatoms. The van der Waals surface area contributed by atoms with Crippen molar-refractivity contribution in [3.8, 4) is 11.5 Å². The predicted octanol–water partition coefficient (Wildman–Crippen LogP) is 5.19. The number of para-hydroxylation sites is 1. The maximum atomic E-state index is 13.2. The number of aromatic nitrogens is 1. The Bertz CT molecular complexity index is 1110.